The summed E-state index contributed by atoms with van der Waals surface area (Å²) in [6.45, 7) is 5.72. The van der Waals surface area contributed by atoms with Crippen molar-refractivity contribution in [2.75, 3.05) is 13.1 Å². The van der Waals surface area contributed by atoms with Crippen LogP contribution in [0.3, 0.4) is 0 Å². The van der Waals surface area contributed by atoms with Gasteiger partial charge in [0.25, 0.3) is 0 Å². The van der Waals surface area contributed by atoms with E-state index in [-0.39, 0.29) is 11.3 Å². The number of nitrogens with one attached hydrogen (secondary N) is 1. The largest absolute Gasteiger partial charge is 0.351 e. The van der Waals surface area contributed by atoms with Crippen LogP contribution in [-0.4, -0.2) is 23.9 Å². The molecule has 4 heteroatoms. The molecule has 2 aliphatic rings. The molecule has 0 bridgehead atoms. The van der Waals surface area contributed by atoms with Crippen molar-refractivity contribution in [1.29, 1.82) is 0 Å². The van der Waals surface area contributed by atoms with Crippen LogP contribution in [-0.2, 0) is 30.7 Å². The second-order valence-corrected chi connectivity index (χ2v) is 8.34. The van der Waals surface area contributed by atoms with E-state index >= 15 is 0 Å². The highest BCUT2D eigenvalue weighted by Gasteiger charge is 2.45. The maximum Gasteiger partial charge on any atom is 0.228 e. The number of rotatable bonds is 3. The Morgan fingerprint density at radius 1 is 1.17 bits per heavy atom. The topological polar surface area (TPSA) is 32.3 Å². The van der Waals surface area contributed by atoms with E-state index in [0.29, 0.717) is 6.54 Å². The van der Waals surface area contributed by atoms with Crippen molar-refractivity contribution in [2.45, 2.75) is 39.3 Å². The average molecular weight is 340 g/mol. The van der Waals surface area contributed by atoms with E-state index in [4.69, 9.17) is 0 Å². The van der Waals surface area contributed by atoms with Gasteiger partial charge in [-0.2, -0.15) is 0 Å². The van der Waals surface area contributed by atoms with Crippen molar-refractivity contribution in [3.63, 3.8) is 0 Å². The molecule has 1 N–H and O–H groups in total. The molecule has 1 spiro atoms. The molecule has 4 rings (SSSR count). The molecule has 1 unspecified atom stereocenters. The Balaban J connectivity index is 1.52. The summed E-state index contributed by atoms with van der Waals surface area (Å²) in [5, 5.41) is 3.17. The van der Waals surface area contributed by atoms with E-state index in [1.807, 2.05) is 11.3 Å². The Morgan fingerprint density at radius 3 is 2.75 bits per heavy atom. The summed E-state index contributed by atoms with van der Waals surface area (Å²) < 4.78 is 0. The Labute approximate surface area is 147 Å². The van der Waals surface area contributed by atoms with Crippen LogP contribution in [0, 0.1) is 5.41 Å². The van der Waals surface area contributed by atoms with Gasteiger partial charge in [0.2, 0.25) is 5.91 Å². The molecular weight excluding hydrogens is 316 g/mol. The lowest BCUT2D eigenvalue weighted by Gasteiger charge is -2.26. The van der Waals surface area contributed by atoms with Crippen molar-refractivity contribution < 1.29 is 4.79 Å². The molecule has 3 heterocycles. The quantitative estimate of drug-likeness (QED) is 0.929. The third-order valence-corrected chi connectivity index (χ3v) is 6.66. The first kappa shape index (κ1) is 15.9. The highest BCUT2D eigenvalue weighted by molar-refractivity contribution is 7.11. The SMILES string of the molecule is CCc1ccc(CN2CCC3(Cc4ccccc4CNC3=O)C2)s1. The fourth-order valence-corrected chi connectivity index (χ4v) is 5.05. The van der Waals surface area contributed by atoms with Crippen LogP contribution in [0.4, 0.5) is 0 Å². The summed E-state index contributed by atoms with van der Waals surface area (Å²) in [6, 6.07) is 13.0. The van der Waals surface area contributed by atoms with Crippen LogP contribution in [0.15, 0.2) is 36.4 Å². The number of nitrogens with zero attached hydrogens (tertiary/aromatic N) is 1. The Kier molecular flexibility index (Phi) is 4.19. The van der Waals surface area contributed by atoms with Gasteiger partial charge in [0.15, 0.2) is 0 Å². The number of thiophene rings is 1. The molecule has 1 atom stereocenters. The molecule has 1 aromatic heterocycles. The van der Waals surface area contributed by atoms with Gasteiger partial charge < -0.3 is 5.32 Å². The zero-order valence-electron chi connectivity index (χ0n) is 14.2. The molecule has 24 heavy (non-hydrogen) atoms. The van der Waals surface area contributed by atoms with E-state index in [2.05, 4.69) is 53.5 Å². The third-order valence-electron chi connectivity index (χ3n) is 5.45. The highest BCUT2D eigenvalue weighted by atomic mass is 32.1. The lowest BCUT2D eigenvalue weighted by atomic mass is 9.80. The fourth-order valence-electron chi connectivity index (χ4n) is 4.05. The number of benzene rings is 1. The Morgan fingerprint density at radius 2 is 1.96 bits per heavy atom. The van der Waals surface area contributed by atoms with Gasteiger partial charge in [0.1, 0.15) is 0 Å². The predicted molar refractivity (Wildman–Crippen MR) is 98.0 cm³/mol. The zero-order chi connectivity index (χ0) is 16.6. The first-order valence-electron chi connectivity index (χ1n) is 8.83. The molecule has 0 saturated carbocycles. The van der Waals surface area contributed by atoms with Gasteiger partial charge >= 0.3 is 0 Å². The second-order valence-electron chi connectivity index (χ2n) is 7.09. The minimum absolute atomic E-state index is 0.238. The lowest BCUT2D eigenvalue weighted by Crippen LogP contribution is -2.42. The van der Waals surface area contributed by atoms with E-state index < -0.39 is 0 Å². The fraction of sp³-hybridized carbons (Fsp3) is 0.450. The van der Waals surface area contributed by atoms with Crippen molar-refractivity contribution in [1.82, 2.24) is 10.2 Å². The van der Waals surface area contributed by atoms with Crippen molar-refractivity contribution >= 4 is 17.2 Å². The van der Waals surface area contributed by atoms with E-state index in [0.717, 1.165) is 38.9 Å². The maximum absolute atomic E-state index is 12.8. The molecule has 1 aromatic carbocycles. The van der Waals surface area contributed by atoms with Gasteiger partial charge in [-0.05, 0) is 49.1 Å². The van der Waals surface area contributed by atoms with E-state index in [9.17, 15) is 4.79 Å². The van der Waals surface area contributed by atoms with Crippen LogP contribution in [0.5, 0.6) is 0 Å². The molecule has 126 valence electrons. The molecule has 0 radical (unpaired) electrons. The number of hydrogen-bond acceptors (Lipinski definition) is 3. The first-order chi connectivity index (χ1) is 11.7. The number of hydrogen-bond donors (Lipinski definition) is 1. The van der Waals surface area contributed by atoms with Crippen molar-refractivity contribution in [2.24, 2.45) is 5.41 Å². The summed E-state index contributed by atoms with van der Waals surface area (Å²) in [5.41, 5.74) is 2.35. The number of carbonyl (C=O) groups is 1. The van der Waals surface area contributed by atoms with Crippen molar-refractivity contribution in [3.05, 3.63) is 57.3 Å². The molecule has 2 aliphatic heterocycles. The Hall–Kier alpha value is -1.65. The normalized spacial score (nSPS) is 24.0. The molecule has 1 fully saturated rings. The number of amides is 1. The predicted octanol–water partition coefficient (Wildman–Crippen LogP) is 3.38. The van der Waals surface area contributed by atoms with Crippen LogP contribution in [0.25, 0.3) is 0 Å². The van der Waals surface area contributed by atoms with Gasteiger partial charge in [-0.1, -0.05) is 31.2 Å². The summed E-state index contributed by atoms with van der Waals surface area (Å²) in [4.78, 5) is 18.1. The number of likely N-dealkylation sites (tertiary alicyclic amines) is 1. The number of carbonyl (C=O) groups excluding carboxylic acids is 1. The monoisotopic (exact) mass is 340 g/mol. The minimum Gasteiger partial charge on any atom is -0.351 e. The van der Waals surface area contributed by atoms with Crippen LogP contribution in [0.2, 0.25) is 0 Å². The van der Waals surface area contributed by atoms with Crippen molar-refractivity contribution in [3.8, 4) is 0 Å². The summed E-state index contributed by atoms with van der Waals surface area (Å²) in [5.74, 6) is 0.238. The number of aryl methyl sites for hydroxylation is 1. The highest BCUT2D eigenvalue weighted by Crippen LogP contribution is 2.38. The smallest absolute Gasteiger partial charge is 0.228 e. The third kappa shape index (κ3) is 2.89. The number of fused-ring (bicyclic) bond motifs is 1. The van der Waals surface area contributed by atoms with E-state index in [1.165, 1.54) is 20.9 Å². The van der Waals surface area contributed by atoms with Gasteiger partial charge in [0.05, 0.1) is 5.41 Å². The first-order valence-corrected chi connectivity index (χ1v) is 9.65. The zero-order valence-corrected chi connectivity index (χ0v) is 15.0. The summed E-state index contributed by atoms with van der Waals surface area (Å²) in [6.07, 6.45) is 2.93. The summed E-state index contributed by atoms with van der Waals surface area (Å²) in [7, 11) is 0. The second kappa shape index (κ2) is 6.34. The maximum atomic E-state index is 12.8. The van der Waals surface area contributed by atoms with Crippen LogP contribution < -0.4 is 5.32 Å². The Bertz CT molecular complexity index is 754. The molecule has 0 aliphatic carbocycles. The molecule has 3 nitrogen and oxygen atoms in total. The molecule has 1 saturated heterocycles. The standard InChI is InChI=1S/C20H24N2OS/c1-2-17-7-8-18(24-17)13-22-10-9-20(14-22)11-15-5-3-4-6-16(15)12-21-19(20)23/h3-8H,2,9-14H2,1H3,(H,21,23). The van der Waals surface area contributed by atoms with Crippen LogP contribution >= 0.6 is 11.3 Å². The van der Waals surface area contributed by atoms with E-state index in [1.54, 1.807) is 0 Å². The van der Waals surface area contributed by atoms with Crippen LogP contribution in [0.1, 0.15) is 34.2 Å². The molecular formula is C20H24N2OS. The average Bonchev–Trinajstić information content (AvgIpc) is 3.18. The lowest BCUT2D eigenvalue weighted by molar-refractivity contribution is -0.130. The van der Waals surface area contributed by atoms with Gasteiger partial charge in [-0.25, -0.2) is 0 Å². The molecule has 1 amide bonds. The minimum atomic E-state index is -0.253. The molecule has 2 aromatic rings. The van der Waals surface area contributed by atoms with Gasteiger partial charge in [0, 0.05) is 29.4 Å². The van der Waals surface area contributed by atoms with Gasteiger partial charge in [-0.15, -0.1) is 11.3 Å². The van der Waals surface area contributed by atoms with Gasteiger partial charge in [-0.3, -0.25) is 9.69 Å². The summed E-state index contributed by atoms with van der Waals surface area (Å²) >= 11 is 1.91.